The molecule has 1 rings (SSSR count). The molecular weight excluding hydrogens is 288 g/mol. The van der Waals surface area contributed by atoms with Gasteiger partial charge >= 0.3 is 5.97 Å². The van der Waals surface area contributed by atoms with Gasteiger partial charge in [-0.15, -0.1) is 0 Å². The predicted octanol–water partition coefficient (Wildman–Crippen LogP) is 1.43. The number of nitrogens with zero attached hydrogens (tertiary/aromatic N) is 2. The number of anilines is 2. The number of nitrogens with one attached hydrogen (secondary N) is 1. The summed E-state index contributed by atoms with van der Waals surface area (Å²) in [6.45, 7) is 3.80. The molecule has 0 radical (unpaired) electrons. The number of nitrogen functional groups attached to an aromatic ring is 1. The van der Waals surface area contributed by atoms with Crippen LogP contribution in [0, 0.1) is 5.92 Å². The Morgan fingerprint density at radius 1 is 1.53 bits per heavy atom. The van der Waals surface area contributed by atoms with E-state index in [-0.39, 0.29) is 11.9 Å². The molecule has 6 nitrogen and oxygen atoms in total. The van der Waals surface area contributed by atoms with Crippen LogP contribution in [0.4, 0.5) is 11.8 Å². The van der Waals surface area contributed by atoms with Gasteiger partial charge in [-0.2, -0.15) is 4.98 Å². The molecule has 0 saturated carbocycles. The Kier molecular flexibility index (Phi) is 4.68. The Labute approximate surface area is 108 Å². The monoisotopic (exact) mass is 302 g/mol. The molecule has 0 bridgehead atoms. The smallest absolute Gasteiger partial charge is 0.328 e. The lowest BCUT2D eigenvalue weighted by Crippen LogP contribution is -2.36. The van der Waals surface area contributed by atoms with Gasteiger partial charge < -0.3 is 15.8 Å². The van der Waals surface area contributed by atoms with Gasteiger partial charge in [-0.3, -0.25) is 0 Å². The summed E-state index contributed by atoms with van der Waals surface area (Å²) < 4.78 is 5.26. The molecule has 0 saturated heterocycles. The second-order valence-corrected chi connectivity index (χ2v) is 4.64. The largest absolute Gasteiger partial charge is 0.467 e. The first kappa shape index (κ1) is 13.7. The summed E-state index contributed by atoms with van der Waals surface area (Å²) in [5, 5.41) is 2.90. The van der Waals surface area contributed by atoms with Crippen molar-refractivity contribution < 1.29 is 9.53 Å². The normalized spacial score (nSPS) is 12.3. The first-order valence-corrected chi connectivity index (χ1v) is 5.87. The summed E-state index contributed by atoms with van der Waals surface area (Å²) in [7, 11) is 1.34. The van der Waals surface area contributed by atoms with Crippen molar-refractivity contribution in [3.63, 3.8) is 0 Å². The summed E-state index contributed by atoms with van der Waals surface area (Å²) in [5.41, 5.74) is 5.58. The Bertz CT molecular complexity index is 391. The van der Waals surface area contributed by atoms with Gasteiger partial charge in [0.05, 0.1) is 7.11 Å². The molecule has 0 aliphatic carbocycles. The van der Waals surface area contributed by atoms with Crippen LogP contribution in [0.2, 0.25) is 0 Å². The lowest BCUT2D eigenvalue weighted by atomic mass is 10.1. The van der Waals surface area contributed by atoms with Crippen molar-refractivity contribution in [3.05, 3.63) is 10.7 Å². The molecule has 0 aromatic carbocycles. The number of methoxy groups -OCH3 is 1. The van der Waals surface area contributed by atoms with E-state index in [4.69, 9.17) is 10.5 Å². The molecule has 0 spiro atoms. The van der Waals surface area contributed by atoms with Gasteiger partial charge in [0.2, 0.25) is 5.95 Å². The zero-order chi connectivity index (χ0) is 13.0. The summed E-state index contributed by atoms with van der Waals surface area (Å²) in [5.74, 6) is 0.302. The molecule has 0 aliphatic rings. The van der Waals surface area contributed by atoms with Crippen molar-refractivity contribution in [1.29, 1.82) is 0 Å². The second-order valence-electron chi connectivity index (χ2n) is 3.83. The van der Waals surface area contributed by atoms with Gasteiger partial charge in [0, 0.05) is 6.07 Å². The minimum Gasteiger partial charge on any atom is -0.467 e. The number of carbonyl (C=O) groups excluding carboxylic acids is 1. The molecule has 7 heteroatoms. The van der Waals surface area contributed by atoms with E-state index in [2.05, 4.69) is 31.2 Å². The van der Waals surface area contributed by atoms with Gasteiger partial charge in [0.15, 0.2) is 0 Å². The van der Waals surface area contributed by atoms with Crippen molar-refractivity contribution >= 4 is 33.7 Å². The fourth-order valence-electron chi connectivity index (χ4n) is 1.26. The maximum atomic E-state index is 11.5. The van der Waals surface area contributed by atoms with Crippen molar-refractivity contribution in [2.75, 3.05) is 18.2 Å². The fourth-order valence-corrected chi connectivity index (χ4v) is 1.67. The molecule has 1 aromatic heterocycles. The molecule has 0 fully saturated rings. The zero-order valence-electron chi connectivity index (χ0n) is 9.90. The maximum absolute atomic E-state index is 11.5. The maximum Gasteiger partial charge on any atom is 0.328 e. The third kappa shape index (κ3) is 3.85. The molecule has 1 atom stereocenters. The van der Waals surface area contributed by atoms with Crippen LogP contribution < -0.4 is 11.1 Å². The molecule has 1 unspecified atom stereocenters. The van der Waals surface area contributed by atoms with E-state index in [1.165, 1.54) is 7.11 Å². The molecule has 3 N–H and O–H groups in total. The summed E-state index contributed by atoms with van der Waals surface area (Å²) >= 11 is 3.21. The van der Waals surface area contributed by atoms with Gasteiger partial charge in [-0.25, -0.2) is 9.78 Å². The van der Waals surface area contributed by atoms with Crippen LogP contribution in [-0.2, 0) is 9.53 Å². The van der Waals surface area contributed by atoms with E-state index in [1.807, 2.05) is 13.8 Å². The first-order chi connectivity index (χ1) is 7.93. The number of ether oxygens (including phenoxy) is 1. The highest BCUT2D eigenvalue weighted by atomic mass is 79.9. The Morgan fingerprint density at radius 2 is 2.18 bits per heavy atom. The average molecular weight is 303 g/mol. The first-order valence-electron chi connectivity index (χ1n) is 5.08. The van der Waals surface area contributed by atoms with Crippen LogP contribution in [0.15, 0.2) is 10.7 Å². The molecular formula is C10H15BrN4O2. The van der Waals surface area contributed by atoms with Crippen LogP contribution in [0.25, 0.3) is 0 Å². The third-order valence-electron chi connectivity index (χ3n) is 2.12. The fraction of sp³-hybridized carbons (Fsp3) is 0.500. The number of carbonyl (C=O) groups is 1. The number of halogens is 1. The number of rotatable bonds is 4. The molecule has 0 amide bonds. The summed E-state index contributed by atoms with van der Waals surface area (Å²) in [4.78, 5) is 19.6. The van der Waals surface area contributed by atoms with Gasteiger partial charge in [0.1, 0.15) is 16.5 Å². The zero-order valence-corrected chi connectivity index (χ0v) is 11.5. The Morgan fingerprint density at radius 3 is 2.65 bits per heavy atom. The van der Waals surface area contributed by atoms with Crippen LogP contribution in [0.1, 0.15) is 13.8 Å². The standard InChI is InChI=1S/C10H15BrN4O2/c1-5(2)8(9(16)17-3)15-10-13-6(11)4-7(12)14-10/h4-5,8H,1-3H3,(H3,12,13,14,15). The topological polar surface area (TPSA) is 90.1 Å². The van der Waals surface area contributed by atoms with E-state index < -0.39 is 6.04 Å². The quantitative estimate of drug-likeness (QED) is 0.646. The number of aromatic nitrogens is 2. The lowest BCUT2D eigenvalue weighted by molar-refractivity contribution is -0.142. The minimum atomic E-state index is -0.506. The molecule has 17 heavy (non-hydrogen) atoms. The summed E-state index contributed by atoms with van der Waals surface area (Å²) in [6.07, 6.45) is 0. The lowest BCUT2D eigenvalue weighted by Gasteiger charge is -2.19. The van der Waals surface area contributed by atoms with E-state index in [0.717, 1.165) is 0 Å². The second kappa shape index (κ2) is 5.81. The Balaban J connectivity index is 2.89. The van der Waals surface area contributed by atoms with Crippen LogP contribution in [-0.4, -0.2) is 29.1 Å². The molecule has 1 aromatic rings. The average Bonchev–Trinajstić information content (AvgIpc) is 2.23. The van der Waals surface area contributed by atoms with E-state index in [9.17, 15) is 4.79 Å². The van der Waals surface area contributed by atoms with E-state index in [1.54, 1.807) is 6.07 Å². The minimum absolute atomic E-state index is 0.0475. The number of esters is 1. The SMILES string of the molecule is COC(=O)C(Nc1nc(N)cc(Br)n1)C(C)C. The number of hydrogen-bond donors (Lipinski definition) is 2. The van der Waals surface area contributed by atoms with Gasteiger partial charge in [-0.05, 0) is 21.8 Å². The summed E-state index contributed by atoms with van der Waals surface area (Å²) in [6, 6.07) is 1.07. The van der Waals surface area contributed by atoms with Gasteiger partial charge in [-0.1, -0.05) is 13.8 Å². The molecule has 1 heterocycles. The highest BCUT2D eigenvalue weighted by Crippen LogP contribution is 2.15. The number of nitrogens with two attached hydrogens (primary N) is 1. The van der Waals surface area contributed by atoms with E-state index >= 15 is 0 Å². The highest BCUT2D eigenvalue weighted by Gasteiger charge is 2.23. The number of hydrogen-bond acceptors (Lipinski definition) is 6. The van der Waals surface area contributed by atoms with Crippen molar-refractivity contribution in [1.82, 2.24) is 9.97 Å². The third-order valence-corrected chi connectivity index (χ3v) is 2.53. The van der Waals surface area contributed by atoms with Gasteiger partial charge in [0.25, 0.3) is 0 Å². The molecule has 94 valence electrons. The van der Waals surface area contributed by atoms with Crippen LogP contribution >= 0.6 is 15.9 Å². The van der Waals surface area contributed by atoms with Crippen molar-refractivity contribution in [2.45, 2.75) is 19.9 Å². The van der Waals surface area contributed by atoms with Crippen molar-refractivity contribution in [2.24, 2.45) is 5.92 Å². The predicted molar refractivity (Wildman–Crippen MR) is 68.4 cm³/mol. The van der Waals surface area contributed by atoms with Crippen molar-refractivity contribution in [3.8, 4) is 0 Å². The van der Waals surface area contributed by atoms with E-state index in [0.29, 0.717) is 16.4 Å². The molecule has 0 aliphatic heterocycles. The Hall–Kier alpha value is -1.37. The highest BCUT2D eigenvalue weighted by molar-refractivity contribution is 9.10. The van der Waals surface area contributed by atoms with Crippen LogP contribution in [0.5, 0.6) is 0 Å². The van der Waals surface area contributed by atoms with Crippen LogP contribution in [0.3, 0.4) is 0 Å².